The van der Waals surface area contributed by atoms with Crippen LogP contribution < -0.4 is 0 Å². The molecule has 0 unspecified atom stereocenters. The minimum atomic E-state index is 0.122. The fraction of sp³-hybridized carbons (Fsp3) is 0.0857. The second-order valence-corrected chi connectivity index (χ2v) is 0.716. The van der Waals surface area contributed by atoms with Gasteiger partial charge in [-0.15, -0.1) is 211 Å². The smallest absolute Gasteiger partial charge is 0.0693 e. The topological polar surface area (TPSA) is 29.5 Å². The van der Waals surface area contributed by atoms with Gasteiger partial charge in [0, 0.05) is 7.11 Å². The Morgan fingerprint density at radius 2 is 0.378 bits per heavy atom. The van der Waals surface area contributed by atoms with Crippen molar-refractivity contribution >= 4 is 0 Å². The van der Waals surface area contributed by atoms with Gasteiger partial charge in [-0.1, -0.05) is 0 Å². The van der Waals surface area contributed by atoms with Gasteiger partial charge < -0.3 is 9.84 Å². The molecule has 0 heterocycles. The standard InChI is InChI=1S/C3H8O2.16C2H4/c1-5-3-2-4;16*1-2/h4H,2-3H2,1H3;16*1-2H2. The molecule has 37 heavy (non-hydrogen) atoms. The number of methoxy groups -OCH3 is 1. The zero-order valence-electron chi connectivity index (χ0n) is 25.9. The minimum absolute atomic E-state index is 0.122. The van der Waals surface area contributed by atoms with Crippen molar-refractivity contribution in [3.05, 3.63) is 211 Å². The van der Waals surface area contributed by atoms with Crippen LogP contribution in [0.4, 0.5) is 0 Å². The zero-order valence-corrected chi connectivity index (χ0v) is 25.9. The van der Waals surface area contributed by atoms with Crippen LogP contribution in [0.3, 0.4) is 0 Å². The van der Waals surface area contributed by atoms with Crippen molar-refractivity contribution in [2.24, 2.45) is 0 Å². The molecule has 224 valence electrons. The van der Waals surface area contributed by atoms with E-state index in [0.717, 1.165) is 0 Å². The first-order chi connectivity index (χ1) is 18.4. The highest BCUT2D eigenvalue weighted by atomic mass is 16.5. The molecule has 0 fully saturated rings. The van der Waals surface area contributed by atoms with Crippen molar-refractivity contribution in [1.29, 1.82) is 0 Å². The Labute approximate surface area is 240 Å². The summed E-state index contributed by atoms with van der Waals surface area (Å²) in [6, 6.07) is 0. The summed E-state index contributed by atoms with van der Waals surface area (Å²) in [7, 11) is 1.55. The normalized spacial score (nSPS) is 2.86. The van der Waals surface area contributed by atoms with Gasteiger partial charge in [-0.05, 0) is 0 Å². The zero-order chi connectivity index (χ0) is 36.1. The van der Waals surface area contributed by atoms with Gasteiger partial charge in [-0.25, -0.2) is 0 Å². The third kappa shape index (κ3) is 5610. The molecule has 0 aliphatic rings. The molecule has 0 radical (unpaired) electrons. The van der Waals surface area contributed by atoms with E-state index in [0.29, 0.717) is 6.61 Å². The summed E-state index contributed by atoms with van der Waals surface area (Å²) in [5, 5.41) is 7.94. The minimum Gasteiger partial charge on any atom is -0.394 e. The van der Waals surface area contributed by atoms with Gasteiger partial charge in [0.15, 0.2) is 0 Å². The Hall–Kier alpha value is -4.24. The highest BCUT2D eigenvalue weighted by molar-refractivity contribution is 4.25. The predicted octanol–water partition coefficient (Wildman–Crippen LogP) is 12.5. The summed E-state index contributed by atoms with van der Waals surface area (Å²) in [6.45, 7) is 96.6. The van der Waals surface area contributed by atoms with Crippen LogP contribution in [0.1, 0.15) is 0 Å². The summed E-state index contributed by atoms with van der Waals surface area (Å²) in [6.07, 6.45) is 0. The molecule has 0 aromatic carbocycles. The first-order valence-electron chi connectivity index (χ1n) is 9.51. The van der Waals surface area contributed by atoms with Gasteiger partial charge in [-0.2, -0.15) is 0 Å². The summed E-state index contributed by atoms with van der Waals surface area (Å²) < 4.78 is 4.44. The maximum Gasteiger partial charge on any atom is 0.0693 e. The first kappa shape index (κ1) is 133. The van der Waals surface area contributed by atoms with Gasteiger partial charge in [0.05, 0.1) is 13.2 Å². The average Bonchev–Trinajstić information content (AvgIpc) is 3.12. The lowest BCUT2D eigenvalue weighted by atomic mass is 10.8. The monoisotopic (exact) mass is 525 g/mol. The van der Waals surface area contributed by atoms with E-state index >= 15 is 0 Å². The van der Waals surface area contributed by atoms with Gasteiger partial charge in [0.1, 0.15) is 0 Å². The fourth-order valence-corrected chi connectivity index (χ4v) is 0.0913. The van der Waals surface area contributed by atoms with Crippen LogP contribution >= 0.6 is 0 Å². The molecule has 0 aromatic rings. The van der Waals surface area contributed by atoms with E-state index in [9.17, 15) is 0 Å². The van der Waals surface area contributed by atoms with Crippen molar-refractivity contribution < 1.29 is 9.84 Å². The van der Waals surface area contributed by atoms with E-state index in [2.05, 4.69) is 215 Å². The lowest BCUT2D eigenvalue weighted by Crippen LogP contribution is -1.91. The molecule has 0 aliphatic heterocycles. The van der Waals surface area contributed by atoms with E-state index in [1.54, 1.807) is 7.11 Å². The molecule has 0 saturated carbocycles. The van der Waals surface area contributed by atoms with E-state index < -0.39 is 0 Å². The molecule has 0 atom stereocenters. The molecule has 0 amide bonds. The molecular formula is C35H72O2. The van der Waals surface area contributed by atoms with Gasteiger partial charge in [0.25, 0.3) is 0 Å². The van der Waals surface area contributed by atoms with Crippen molar-refractivity contribution in [3.63, 3.8) is 0 Å². The molecule has 0 saturated heterocycles. The van der Waals surface area contributed by atoms with Crippen molar-refractivity contribution in [3.8, 4) is 0 Å². The molecule has 2 heteroatoms. The summed E-state index contributed by atoms with van der Waals surface area (Å²) >= 11 is 0. The van der Waals surface area contributed by atoms with E-state index in [1.807, 2.05) is 0 Å². The SMILES string of the molecule is C=C.C=C.C=C.C=C.C=C.C=C.C=C.C=C.C=C.C=C.C=C.C=C.C=C.C=C.C=C.C=C.COCCO. The third-order valence-electron chi connectivity index (χ3n) is 0.295. The van der Waals surface area contributed by atoms with E-state index in [4.69, 9.17) is 5.11 Å². The summed E-state index contributed by atoms with van der Waals surface area (Å²) in [5.41, 5.74) is 0. The lowest BCUT2D eigenvalue weighted by molar-refractivity contribution is 0.135. The molecule has 0 spiro atoms. The summed E-state index contributed by atoms with van der Waals surface area (Å²) in [4.78, 5) is 0. The highest BCUT2D eigenvalue weighted by Gasteiger charge is 1.67. The largest absolute Gasteiger partial charge is 0.394 e. The van der Waals surface area contributed by atoms with Gasteiger partial charge >= 0.3 is 0 Å². The van der Waals surface area contributed by atoms with Crippen molar-refractivity contribution in [2.75, 3.05) is 20.3 Å². The number of hydrogen-bond acceptors (Lipinski definition) is 2. The quantitative estimate of drug-likeness (QED) is 0.364. The van der Waals surface area contributed by atoms with Gasteiger partial charge in [0.2, 0.25) is 0 Å². The van der Waals surface area contributed by atoms with E-state index in [-0.39, 0.29) is 6.61 Å². The maximum absolute atomic E-state index is 7.94. The maximum atomic E-state index is 7.94. The first-order valence-corrected chi connectivity index (χ1v) is 9.51. The average molecular weight is 525 g/mol. The van der Waals surface area contributed by atoms with Crippen LogP contribution in [0.25, 0.3) is 0 Å². The fourth-order valence-electron chi connectivity index (χ4n) is 0.0913. The molecule has 0 aromatic heterocycles. The van der Waals surface area contributed by atoms with E-state index in [1.165, 1.54) is 0 Å². The summed E-state index contributed by atoms with van der Waals surface area (Å²) in [5.74, 6) is 0. The predicted molar refractivity (Wildman–Crippen MR) is 199 cm³/mol. The van der Waals surface area contributed by atoms with Crippen LogP contribution in [-0.4, -0.2) is 25.4 Å². The molecule has 2 nitrogen and oxygen atoms in total. The van der Waals surface area contributed by atoms with Crippen LogP contribution in [0.2, 0.25) is 0 Å². The van der Waals surface area contributed by atoms with Crippen molar-refractivity contribution in [2.45, 2.75) is 0 Å². The highest BCUT2D eigenvalue weighted by Crippen LogP contribution is 1.56. The van der Waals surface area contributed by atoms with Crippen LogP contribution in [0.15, 0.2) is 211 Å². The van der Waals surface area contributed by atoms with Crippen molar-refractivity contribution in [1.82, 2.24) is 0 Å². The lowest BCUT2D eigenvalue weighted by Gasteiger charge is -1.84. The second-order valence-electron chi connectivity index (χ2n) is 0.716. The van der Waals surface area contributed by atoms with Crippen LogP contribution in [-0.2, 0) is 4.74 Å². The molecule has 1 N–H and O–H groups in total. The third-order valence-corrected chi connectivity index (χ3v) is 0.295. The Morgan fingerprint density at radius 1 is 0.297 bits per heavy atom. The molecule has 0 aliphatic carbocycles. The molecular weight excluding hydrogens is 452 g/mol. The second kappa shape index (κ2) is 19500. The van der Waals surface area contributed by atoms with Crippen LogP contribution in [0, 0.1) is 0 Å². The molecule has 0 bridgehead atoms. The van der Waals surface area contributed by atoms with Gasteiger partial charge in [-0.3, -0.25) is 0 Å². The van der Waals surface area contributed by atoms with Crippen LogP contribution in [0.5, 0.6) is 0 Å². The number of aliphatic hydroxyl groups is 1. The number of rotatable bonds is 2. The molecule has 0 rings (SSSR count). The Balaban J connectivity index is -0.00000000776. The Kier molecular flexibility index (Phi) is 70300. The number of aliphatic hydroxyl groups excluding tert-OH is 1. The Morgan fingerprint density at radius 3 is 0.378 bits per heavy atom. The Bertz CT molecular complexity index is 107. The number of hydrogen-bond donors (Lipinski definition) is 1. The number of ether oxygens (including phenoxy) is 1.